The summed E-state index contributed by atoms with van der Waals surface area (Å²) in [5, 5.41) is 8.83. The number of nitrogens with two attached hydrogens (primary N) is 1. The van der Waals surface area contributed by atoms with Crippen LogP contribution in [-0.4, -0.2) is 38.6 Å². The Kier molecular flexibility index (Phi) is 5.15. The van der Waals surface area contributed by atoms with Gasteiger partial charge in [-0.05, 0) is 27.2 Å². The van der Waals surface area contributed by atoms with Gasteiger partial charge in [-0.15, -0.1) is 10.2 Å². The molecule has 0 amide bonds. The first-order valence-electron chi connectivity index (χ1n) is 5.83. The van der Waals surface area contributed by atoms with Crippen molar-refractivity contribution in [3.8, 4) is 0 Å². The van der Waals surface area contributed by atoms with E-state index in [2.05, 4.69) is 10.2 Å². The van der Waals surface area contributed by atoms with Crippen molar-refractivity contribution in [3.05, 3.63) is 5.82 Å². The Hall–Kier alpha value is -1.08. The molecule has 0 spiro atoms. The molecular weight excluding hydrogens is 252 g/mol. The fourth-order valence-corrected chi connectivity index (χ4v) is 2.40. The molecule has 1 heterocycles. The Morgan fingerprint density at radius 1 is 1.56 bits per heavy atom. The lowest BCUT2D eigenvalue weighted by molar-refractivity contribution is -0.149. The van der Waals surface area contributed by atoms with E-state index in [4.69, 9.17) is 10.5 Å². The third-order valence-corrected chi connectivity index (χ3v) is 3.67. The maximum absolute atomic E-state index is 11.6. The zero-order chi connectivity index (χ0) is 13.8. The van der Waals surface area contributed by atoms with Gasteiger partial charge in [0.25, 0.3) is 0 Å². The van der Waals surface area contributed by atoms with Gasteiger partial charge in [0.15, 0.2) is 5.16 Å². The number of hydrogen-bond donors (Lipinski definition) is 1. The number of carbonyl (C=O) groups excluding carboxylic acids is 1. The zero-order valence-corrected chi connectivity index (χ0v) is 12.1. The Balaban J connectivity index is 2.46. The van der Waals surface area contributed by atoms with Crippen LogP contribution < -0.4 is 5.73 Å². The smallest absolute Gasteiger partial charge is 0.325 e. The fourth-order valence-electron chi connectivity index (χ4n) is 1.27. The molecule has 7 heteroatoms. The van der Waals surface area contributed by atoms with Crippen LogP contribution in [0.25, 0.3) is 0 Å². The lowest BCUT2D eigenvalue weighted by Gasteiger charge is -2.21. The summed E-state index contributed by atoms with van der Waals surface area (Å²) in [6.45, 7) is 5.70. The number of ether oxygens (including phenoxy) is 1. The predicted octanol–water partition coefficient (Wildman–Crippen LogP) is 0.886. The van der Waals surface area contributed by atoms with E-state index in [1.807, 2.05) is 18.5 Å². The van der Waals surface area contributed by atoms with E-state index in [1.54, 1.807) is 13.8 Å². The molecule has 0 fully saturated rings. The van der Waals surface area contributed by atoms with Crippen molar-refractivity contribution in [1.82, 2.24) is 14.8 Å². The largest absolute Gasteiger partial charge is 0.465 e. The quantitative estimate of drug-likeness (QED) is 0.611. The van der Waals surface area contributed by atoms with Gasteiger partial charge in [-0.2, -0.15) is 0 Å². The van der Waals surface area contributed by atoms with Crippen molar-refractivity contribution in [1.29, 1.82) is 0 Å². The van der Waals surface area contributed by atoms with Gasteiger partial charge in [0.1, 0.15) is 11.4 Å². The standard InChI is InChI=1S/C11H20N4O2S/c1-5-17-9(16)11(3,12)6-7-18-10-14-13-8(2)15(10)4/h5-7,12H2,1-4H3. The highest BCUT2D eigenvalue weighted by atomic mass is 32.2. The highest BCUT2D eigenvalue weighted by Crippen LogP contribution is 2.20. The lowest BCUT2D eigenvalue weighted by atomic mass is 10.0. The van der Waals surface area contributed by atoms with E-state index in [1.165, 1.54) is 11.8 Å². The van der Waals surface area contributed by atoms with E-state index >= 15 is 0 Å². The molecule has 102 valence electrons. The van der Waals surface area contributed by atoms with Gasteiger partial charge in [0, 0.05) is 12.8 Å². The molecule has 1 rings (SSSR count). The van der Waals surface area contributed by atoms with Crippen LogP contribution >= 0.6 is 11.8 Å². The van der Waals surface area contributed by atoms with Crippen molar-refractivity contribution in [2.75, 3.05) is 12.4 Å². The van der Waals surface area contributed by atoms with Crippen molar-refractivity contribution < 1.29 is 9.53 Å². The third-order valence-electron chi connectivity index (χ3n) is 2.65. The summed E-state index contributed by atoms with van der Waals surface area (Å²) < 4.78 is 6.84. The van der Waals surface area contributed by atoms with Crippen molar-refractivity contribution in [3.63, 3.8) is 0 Å². The third kappa shape index (κ3) is 3.71. The summed E-state index contributed by atoms with van der Waals surface area (Å²) in [6.07, 6.45) is 0.530. The molecule has 18 heavy (non-hydrogen) atoms. The van der Waals surface area contributed by atoms with Gasteiger partial charge in [0.05, 0.1) is 6.61 Å². The van der Waals surface area contributed by atoms with Crippen molar-refractivity contribution >= 4 is 17.7 Å². The molecule has 0 aliphatic rings. The van der Waals surface area contributed by atoms with Gasteiger partial charge in [0.2, 0.25) is 0 Å². The van der Waals surface area contributed by atoms with E-state index in [9.17, 15) is 4.79 Å². The van der Waals surface area contributed by atoms with Gasteiger partial charge in [-0.25, -0.2) is 0 Å². The first-order valence-corrected chi connectivity index (χ1v) is 6.82. The van der Waals surface area contributed by atoms with E-state index in [-0.39, 0.29) is 5.97 Å². The number of thioether (sulfide) groups is 1. The average molecular weight is 272 g/mol. The van der Waals surface area contributed by atoms with Gasteiger partial charge < -0.3 is 15.0 Å². The minimum absolute atomic E-state index is 0.348. The number of nitrogens with zero attached hydrogens (tertiary/aromatic N) is 3. The minimum Gasteiger partial charge on any atom is -0.465 e. The summed E-state index contributed by atoms with van der Waals surface area (Å²) in [7, 11) is 1.91. The maximum Gasteiger partial charge on any atom is 0.325 e. The Morgan fingerprint density at radius 3 is 2.72 bits per heavy atom. The second-order valence-electron chi connectivity index (χ2n) is 4.33. The lowest BCUT2D eigenvalue weighted by Crippen LogP contribution is -2.46. The Bertz CT molecular complexity index is 417. The monoisotopic (exact) mass is 272 g/mol. The van der Waals surface area contributed by atoms with Crippen LogP contribution in [0.15, 0.2) is 5.16 Å². The molecule has 2 N–H and O–H groups in total. The molecule has 1 aromatic heterocycles. The molecule has 0 aromatic carbocycles. The molecular formula is C11H20N4O2S. The Morgan fingerprint density at radius 2 is 2.22 bits per heavy atom. The first kappa shape index (κ1) is 15.0. The highest BCUT2D eigenvalue weighted by molar-refractivity contribution is 7.99. The normalized spacial score (nSPS) is 14.3. The number of aromatic nitrogens is 3. The minimum atomic E-state index is -0.948. The second kappa shape index (κ2) is 6.19. The SMILES string of the molecule is CCOC(=O)C(C)(N)CCSc1nnc(C)n1C. The van der Waals surface area contributed by atoms with Gasteiger partial charge >= 0.3 is 5.97 Å². The van der Waals surface area contributed by atoms with E-state index in [0.717, 1.165) is 11.0 Å². The summed E-state index contributed by atoms with van der Waals surface area (Å²) in [4.78, 5) is 11.6. The first-order chi connectivity index (χ1) is 8.38. The van der Waals surface area contributed by atoms with Crippen molar-refractivity contribution in [2.45, 2.75) is 37.9 Å². The second-order valence-corrected chi connectivity index (χ2v) is 5.39. The average Bonchev–Trinajstić information content (AvgIpc) is 2.61. The summed E-state index contributed by atoms with van der Waals surface area (Å²) in [5.74, 6) is 1.19. The van der Waals surface area contributed by atoms with Crippen molar-refractivity contribution in [2.24, 2.45) is 12.8 Å². The fraction of sp³-hybridized carbons (Fsp3) is 0.727. The molecule has 0 radical (unpaired) electrons. The number of aryl methyl sites for hydroxylation is 1. The van der Waals surface area contributed by atoms with Gasteiger partial charge in [-0.3, -0.25) is 4.79 Å². The zero-order valence-electron chi connectivity index (χ0n) is 11.3. The van der Waals surface area contributed by atoms with E-state index in [0.29, 0.717) is 18.8 Å². The van der Waals surface area contributed by atoms with E-state index < -0.39 is 5.54 Å². The molecule has 0 aliphatic heterocycles. The topological polar surface area (TPSA) is 83.0 Å². The number of esters is 1. The molecule has 0 saturated carbocycles. The van der Waals surface area contributed by atoms with Crippen LogP contribution in [0.1, 0.15) is 26.1 Å². The molecule has 1 atom stereocenters. The maximum atomic E-state index is 11.6. The molecule has 0 saturated heterocycles. The highest BCUT2D eigenvalue weighted by Gasteiger charge is 2.29. The van der Waals surface area contributed by atoms with Crippen LogP contribution in [0.5, 0.6) is 0 Å². The van der Waals surface area contributed by atoms with Crippen LogP contribution in [0.4, 0.5) is 0 Å². The van der Waals surface area contributed by atoms with Crippen LogP contribution in [-0.2, 0) is 16.6 Å². The summed E-state index contributed by atoms with van der Waals surface area (Å²) >= 11 is 1.53. The molecule has 6 nitrogen and oxygen atoms in total. The Labute approximate surface area is 111 Å². The molecule has 1 aromatic rings. The molecule has 0 bridgehead atoms. The molecule has 1 unspecified atom stereocenters. The van der Waals surface area contributed by atoms with Crippen LogP contribution in [0.2, 0.25) is 0 Å². The van der Waals surface area contributed by atoms with Crippen LogP contribution in [0, 0.1) is 6.92 Å². The van der Waals surface area contributed by atoms with Crippen LogP contribution in [0.3, 0.4) is 0 Å². The predicted molar refractivity (Wildman–Crippen MR) is 70.3 cm³/mol. The summed E-state index contributed by atoms with van der Waals surface area (Å²) in [5.41, 5.74) is 4.98. The summed E-state index contributed by atoms with van der Waals surface area (Å²) in [6, 6.07) is 0. The number of hydrogen-bond acceptors (Lipinski definition) is 6. The number of rotatable bonds is 6. The molecule has 0 aliphatic carbocycles. The van der Waals surface area contributed by atoms with Gasteiger partial charge in [-0.1, -0.05) is 11.8 Å². The number of carbonyl (C=O) groups is 1.